The van der Waals surface area contributed by atoms with E-state index in [1.807, 2.05) is 37.3 Å². The zero-order chi connectivity index (χ0) is 18.8. The molecule has 0 radical (unpaired) electrons. The molecular formula is C19H22N4O2S. The third-order valence-corrected chi connectivity index (χ3v) is 5.75. The summed E-state index contributed by atoms with van der Waals surface area (Å²) >= 11 is 1.66. The van der Waals surface area contributed by atoms with E-state index >= 15 is 0 Å². The van der Waals surface area contributed by atoms with Gasteiger partial charge >= 0.3 is 5.69 Å². The minimum Gasteiger partial charge on any atom is -0.305 e. The predicted molar refractivity (Wildman–Crippen MR) is 104 cm³/mol. The molecule has 0 fully saturated rings. The highest BCUT2D eigenvalue weighted by Gasteiger charge is 2.16. The van der Waals surface area contributed by atoms with Crippen molar-refractivity contribution in [2.45, 2.75) is 26.4 Å². The number of thiazole rings is 1. The summed E-state index contributed by atoms with van der Waals surface area (Å²) in [6, 6.07) is 10.1. The average Bonchev–Trinajstić information content (AvgIpc) is 3.04. The summed E-state index contributed by atoms with van der Waals surface area (Å²) in [6.45, 7) is 4.45. The van der Waals surface area contributed by atoms with Gasteiger partial charge in [0.1, 0.15) is 5.01 Å². The van der Waals surface area contributed by atoms with Crippen LogP contribution >= 0.6 is 11.3 Å². The third kappa shape index (κ3) is 3.54. The number of aromatic nitrogens is 3. The van der Waals surface area contributed by atoms with E-state index in [0.29, 0.717) is 12.1 Å². The Bertz CT molecular complexity index is 1030. The third-order valence-electron chi connectivity index (χ3n) is 4.36. The van der Waals surface area contributed by atoms with Crippen LogP contribution in [0.2, 0.25) is 0 Å². The van der Waals surface area contributed by atoms with Crippen molar-refractivity contribution in [2.24, 2.45) is 14.1 Å². The maximum Gasteiger partial charge on any atom is 0.330 e. The lowest BCUT2D eigenvalue weighted by Crippen LogP contribution is -2.39. The molecule has 3 rings (SSSR count). The van der Waals surface area contributed by atoms with Gasteiger partial charge < -0.3 is 9.88 Å². The van der Waals surface area contributed by atoms with E-state index in [2.05, 4.69) is 17.2 Å². The predicted octanol–water partition coefficient (Wildman–Crippen LogP) is 2.37. The fourth-order valence-electron chi connectivity index (χ4n) is 2.87. The van der Waals surface area contributed by atoms with E-state index < -0.39 is 0 Å². The Balaban J connectivity index is 1.80. The van der Waals surface area contributed by atoms with Gasteiger partial charge in [-0.3, -0.25) is 9.36 Å². The summed E-state index contributed by atoms with van der Waals surface area (Å²) in [5, 5.41) is 4.37. The highest BCUT2D eigenvalue weighted by molar-refractivity contribution is 7.15. The van der Waals surface area contributed by atoms with Crippen LogP contribution in [-0.2, 0) is 20.6 Å². The van der Waals surface area contributed by atoms with E-state index in [1.165, 1.54) is 11.6 Å². The van der Waals surface area contributed by atoms with Gasteiger partial charge in [0.15, 0.2) is 0 Å². The second kappa shape index (κ2) is 7.39. The van der Waals surface area contributed by atoms with E-state index in [-0.39, 0.29) is 17.3 Å². The number of benzene rings is 1. The lowest BCUT2D eigenvalue weighted by atomic mass is 10.2. The quantitative estimate of drug-likeness (QED) is 0.749. The van der Waals surface area contributed by atoms with Crippen molar-refractivity contribution in [1.82, 2.24) is 19.4 Å². The molecule has 6 nitrogen and oxygen atoms in total. The van der Waals surface area contributed by atoms with Crippen LogP contribution in [0.1, 0.15) is 29.1 Å². The standard InChI is InChI=1S/C19H22N4O2S/c1-12(20-10-15-11-22(3)19(25)23(4)18(15)24)16-13(2)21-17(26-16)14-8-6-5-7-9-14/h5-9,11-12,20H,10H2,1-4H3. The van der Waals surface area contributed by atoms with E-state index in [9.17, 15) is 9.59 Å². The van der Waals surface area contributed by atoms with Crippen LogP contribution in [0.5, 0.6) is 0 Å². The lowest BCUT2D eigenvalue weighted by molar-refractivity contribution is 0.562. The molecule has 0 saturated carbocycles. The summed E-state index contributed by atoms with van der Waals surface area (Å²) in [5.41, 5.74) is 2.07. The van der Waals surface area contributed by atoms with Crippen molar-refractivity contribution in [3.05, 3.63) is 73.5 Å². The summed E-state index contributed by atoms with van der Waals surface area (Å²) in [7, 11) is 3.14. The van der Waals surface area contributed by atoms with Gasteiger partial charge in [-0.05, 0) is 13.8 Å². The summed E-state index contributed by atoms with van der Waals surface area (Å²) in [5.74, 6) is 0. The lowest BCUT2D eigenvalue weighted by Gasteiger charge is -2.13. The summed E-state index contributed by atoms with van der Waals surface area (Å²) < 4.78 is 2.56. The monoisotopic (exact) mass is 370 g/mol. The molecule has 3 aromatic rings. The van der Waals surface area contributed by atoms with Gasteiger partial charge in [0.25, 0.3) is 5.56 Å². The van der Waals surface area contributed by atoms with Gasteiger partial charge in [0.05, 0.1) is 5.69 Å². The fraction of sp³-hybridized carbons (Fsp3) is 0.316. The second-order valence-corrected chi connectivity index (χ2v) is 7.38. The molecule has 0 aliphatic heterocycles. The topological polar surface area (TPSA) is 68.9 Å². The molecule has 2 aromatic heterocycles. The molecule has 1 N–H and O–H groups in total. The van der Waals surface area contributed by atoms with Gasteiger partial charge in [-0.2, -0.15) is 0 Å². The molecule has 0 spiro atoms. The Labute approximate surface area is 155 Å². The number of nitrogens with one attached hydrogen (secondary N) is 1. The SMILES string of the molecule is Cc1nc(-c2ccccc2)sc1C(C)NCc1cn(C)c(=O)n(C)c1=O. The number of rotatable bonds is 5. The van der Waals surface area contributed by atoms with Crippen LogP contribution in [-0.4, -0.2) is 14.1 Å². The van der Waals surface area contributed by atoms with E-state index in [4.69, 9.17) is 0 Å². The molecule has 26 heavy (non-hydrogen) atoms. The largest absolute Gasteiger partial charge is 0.330 e. The van der Waals surface area contributed by atoms with Gasteiger partial charge in [-0.1, -0.05) is 30.3 Å². The smallest absolute Gasteiger partial charge is 0.305 e. The summed E-state index contributed by atoms with van der Waals surface area (Å²) in [6.07, 6.45) is 1.60. The van der Waals surface area contributed by atoms with Crippen molar-refractivity contribution in [1.29, 1.82) is 0 Å². The molecule has 0 saturated heterocycles. The number of nitrogens with zero attached hydrogens (tertiary/aromatic N) is 3. The summed E-state index contributed by atoms with van der Waals surface area (Å²) in [4.78, 5) is 29.9. The zero-order valence-corrected chi connectivity index (χ0v) is 16.1. The Morgan fingerprint density at radius 2 is 1.88 bits per heavy atom. The highest BCUT2D eigenvalue weighted by atomic mass is 32.1. The van der Waals surface area contributed by atoms with Crippen molar-refractivity contribution >= 4 is 11.3 Å². The normalized spacial score (nSPS) is 12.3. The molecular weight excluding hydrogens is 348 g/mol. The number of aryl methyl sites for hydroxylation is 2. The Kier molecular flexibility index (Phi) is 5.20. The van der Waals surface area contributed by atoms with Gasteiger partial charge in [0.2, 0.25) is 0 Å². The van der Waals surface area contributed by atoms with E-state index in [0.717, 1.165) is 25.7 Å². The molecule has 0 aliphatic rings. The van der Waals surface area contributed by atoms with Crippen LogP contribution in [0, 0.1) is 6.92 Å². The van der Waals surface area contributed by atoms with Crippen molar-refractivity contribution in [3.63, 3.8) is 0 Å². The van der Waals surface area contributed by atoms with Crippen molar-refractivity contribution < 1.29 is 0 Å². The molecule has 0 amide bonds. The molecule has 0 aliphatic carbocycles. The first kappa shape index (κ1) is 18.3. The minimum absolute atomic E-state index is 0.0481. The molecule has 2 heterocycles. The molecule has 136 valence electrons. The van der Waals surface area contributed by atoms with Gasteiger partial charge in [-0.25, -0.2) is 9.78 Å². The first-order chi connectivity index (χ1) is 12.4. The average molecular weight is 370 g/mol. The first-order valence-corrected chi connectivity index (χ1v) is 9.21. The fourth-order valence-corrected chi connectivity index (χ4v) is 3.97. The molecule has 0 bridgehead atoms. The zero-order valence-electron chi connectivity index (χ0n) is 15.3. The van der Waals surface area contributed by atoms with E-state index in [1.54, 1.807) is 24.6 Å². The molecule has 1 aromatic carbocycles. The van der Waals surface area contributed by atoms with Crippen LogP contribution < -0.4 is 16.6 Å². The maximum atomic E-state index is 12.2. The van der Waals surface area contributed by atoms with Gasteiger partial charge in [-0.15, -0.1) is 11.3 Å². The van der Waals surface area contributed by atoms with Crippen LogP contribution in [0.4, 0.5) is 0 Å². The van der Waals surface area contributed by atoms with Gasteiger partial charge in [0, 0.05) is 48.9 Å². The highest BCUT2D eigenvalue weighted by Crippen LogP contribution is 2.31. The van der Waals surface area contributed by atoms with Crippen LogP contribution in [0.3, 0.4) is 0 Å². The Morgan fingerprint density at radius 1 is 1.19 bits per heavy atom. The number of hydrogen-bond donors (Lipinski definition) is 1. The Morgan fingerprint density at radius 3 is 2.58 bits per heavy atom. The van der Waals surface area contributed by atoms with Crippen LogP contribution in [0.15, 0.2) is 46.1 Å². The Hall–Kier alpha value is -2.51. The van der Waals surface area contributed by atoms with Crippen LogP contribution in [0.25, 0.3) is 10.6 Å². The molecule has 7 heteroatoms. The first-order valence-electron chi connectivity index (χ1n) is 8.40. The molecule has 1 atom stereocenters. The second-order valence-electron chi connectivity index (χ2n) is 6.35. The maximum absolute atomic E-state index is 12.2. The van der Waals surface area contributed by atoms with Crippen molar-refractivity contribution in [2.75, 3.05) is 0 Å². The number of hydrogen-bond acceptors (Lipinski definition) is 5. The minimum atomic E-state index is -0.322. The van der Waals surface area contributed by atoms with Crippen molar-refractivity contribution in [3.8, 4) is 10.6 Å². The molecule has 1 unspecified atom stereocenters.